The van der Waals surface area contributed by atoms with E-state index in [-0.39, 0.29) is 12.0 Å². The molecule has 1 heterocycles. The van der Waals surface area contributed by atoms with Gasteiger partial charge >= 0.3 is 0 Å². The number of piperidine rings is 1. The molecular formula is C16H20N2O2. The van der Waals surface area contributed by atoms with Crippen LogP contribution >= 0.6 is 0 Å². The lowest BCUT2D eigenvalue weighted by atomic mass is 10.1. The van der Waals surface area contributed by atoms with Crippen molar-refractivity contribution in [3.63, 3.8) is 0 Å². The monoisotopic (exact) mass is 272 g/mol. The van der Waals surface area contributed by atoms with E-state index in [4.69, 9.17) is 11.2 Å². The standard InChI is InChI=1S/C16H20N2O2/c1-2-13-4-3-5-14(12-13)18-16(19)8-11-20-15-6-9-17-10-7-15/h1,3-5,12,15,17H,6-11H2,(H,18,19). The number of anilines is 1. The van der Waals surface area contributed by atoms with Gasteiger partial charge in [-0.15, -0.1) is 6.42 Å². The Morgan fingerprint density at radius 1 is 1.45 bits per heavy atom. The van der Waals surface area contributed by atoms with Gasteiger partial charge in [0.15, 0.2) is 0 Å². The molecule has 0 aliphatic carbocycles. The Balaban J connectivity index is 1.70. The van der Waals surface area contributed by atoms with Crippen molar-refractivity contribution in [2.45, 2.75) is 25.4 Å². The van der Waals surface area contributed by atoms with Crippen molar-refractivity contribution in [3.05, 3.63) is 29.8 Å². The third-order valence-electron chi connectivity index (χ3n) is 3.28. The van der Waals surface area contributed by atoms with Crippen LogP contribution in [0.2, 0.25) is 0 Å². The Hall–Kier alpha value is -1.83. The van der Waals surface area contributed by atoms with E-state index in [2.05, 4.69) is 16.6 Å². The number of nitrogens with one attached hydrogen (secondary N) is 2. The van der Waals surface area contributed by atoms with Crippen molar-refractivity contribution in [1.29, 1.82) is 0 Å². The molecule has 1 saturated heterocycles. The van der Waals surface area contributed by atoms with E-state index in [1.54, 1.807) is 6.07 Å². The number of carbonyl (C=O) groups excluding carboxylic acids is 1. The fraction of sp³-hybridized carbons (Fsp3) is 0.438. The first-order valence-corrected chi connectivity index (χ1v) is 6.97. The maximum Gasteiger partial charge on any atom is 0.226 e. The Bertz CT molecular complexity index is 487. The summed E-state index contributed by atoms with van der Waals surface area (Å²) in [6.07, 6.45) is 8.02. The van der Waals surface area contributed by atoms with Gasteiger partial charge in [-0.2, -0.15) is 0 Å². The summed E-state index contributed by atoms with van der Waals surface area (Å²) in [5, 5.41) is 6.11. The lowest BCUT2D eigenvalue weighted by Crippen LogP contribution is -2.33. The summed E-state index contributed by atoms with van der Waals surface area (Å²) in [6, 6.07) is 7.27. The molecule has 4 nitrogen and oxygen atoms in total. The average molecular weight is 272 g/mol. The first-order valence-electron chi connectivity index (χ1n) is 6.97. The fourth-order valence-electron chi connectivity index (χ4n) is 2.19. The molecule has 0 aromatic heterocycles. The van der Waals surface area contributed by atoms with E-state index in [1.165, 1.54) is 0 Å². The zero-order valence-corrected chi connectivity index (χ0v) is 11.5. The third-order valence-corrected chi connectivity index (χ3v) is 3.28. The summed E-state index contributed by atoms with van der Waals surface area (Å²) < 4.78 is 5.70. The van der Waals surface area contributed by atoms with Crippen LogP contribution in [0.1, 0.15) is 24.8 Å². The third kappa shape index (κ3) is 4.69. The highest BCUT2D eigenvalue weighted by Crippen LogP contribution is 2.11. The van der Waals surface area contributed by atoms with E-state index in [0.717, 1.165) is 37.2 Å². The van der Waals surface area contributed by atoms with Crippen LogP contribution in [0, 0.1) is 12.3 Å². The summed E-state index contributed by atoms with van der Waals surface area (Å²) in [5.41, 5.74) is 1.49. The number of hydrogen-bond donors (Lipinski definition) is 2. The van der Waals surface area contributed by atoms with Gasteiger partial charge in [0.05, 0.1) is 19.1 Å². The van der Waals surface area contributed by atoms with Gasteiger partial charge in [-0.1, -0.05) is 12.0 Å². The molecule has 106 valence electrons. The van der Waals surface area contributed by atoms with Gasteiger partial charge in [0.25, 0.3) is 0 Å². The highest BCUT2D eigenvalue weighted by atomic mass is 16.5. The van der Waals surface area contributed by atoms with E-state index in [1.807, 2.05) is 18.2 Å². The van der Waals surface area contributed by atoms with Gasteiger partial charge in [-0.05, 0) is 44.1 Å². The van der Waals surface area contributed by atoms with Crippen LogP contribution < -0.4 is 10.6 Å². The zero-order chi connectivity index (χ0) is 14.2. The molecule has 1 fully saturated rings. The molecule has 0 spiro atoms. The second-order valence-corrected chi connectivity index (χ2v) is 4.84. The minimum Gasteiger partial charge on any atom is -0.378 e. The van der Waals surface area contributed by atoms with Crippen LogP contribution in [0.4, 0.5) is 5.69 Å². The molecule has 20 heavy (non-hydrogen) atoms. The van der Waals surface area contributed by atoms with Crippen molar-refractivity contribution in [2.24, 2.45) is 0 Å². The van der Waals surface area contributed by atoms with Crippen LogP contribution in [0.3, 0.4) is 0 Å². The average Bonchev–Trinajstić information content (AvgIpc) is 2.48. The minimum atomic E-state index is -0.0481. The molecule has 4 heteroatoms. The van der Waals surface area contributed by atoms with Crippen molar-refractivity contribution in [3.8, 4) is 12.3 Å². The molecule has 1 aromatic rings. The van der Waals surface area contributed by atoms with Gasteiger partial charge in [-0.25, -0.2) is 0 Å². The van der Waals surface area contributed by atoms with Crippen LogP contribution in [0.25, 0.3) is 0 Å². The predicted molar refractivity (Wildman–Crippen MR) is 79.5 cm³/mol. The predicted octanol–water partition coefficient (Wildman–Crippen LogP) is 1.77. The summed E-state index contributed by atoms with van der Waals surface area (Å²) >= 11 is 0. The molecule has 0 unspecified atom stereocenters. The number of benzene rings is 1. The molecule has 0 saturated carbocycles. The smallest absolute Gasteiger partial charge is 0.226 e. The minimum absolute atomic E-state index is 0.0481. The number of ether oxygens (including phenoxy) is 1. The molecule has 0 radical (unpaired) electrons. The molecule has 1 aromatic carbocycles. The van der Waals surface area contributed by atoms with E-state index in [0.29, 0.717) is 13.0 Å². The highest BCUT2D eigenvalue weighted by Gasteiger charge is 2.13. The van der Waals surface area contributed by atoms with Gasteiger partial charge in [0, 0.05) is 11.3 Å². The Morgan fingerprint density at radius 2 is 2.25 bits per heavy atom. The number of carbonyl (C=O) groups is 1. The fourth-order valence-corrected chi connectivity index (χ4v) is 2.19. The molecular weight excluding hydrogens is 252 g/mol. The number of terminal acetylenes is 1. The summed E-state index contributed by atoms with van der Waals surface area (Å²) in [7, 11) is 0. The molecule has 1 aliphatic rings. The van der Waals surface area contributed by atoms with Crippen LogP contribution in [0.15, 0.2) is 24.3 Å². The Morgan fingerprint density at radius 3 is 3.00 bits per heavy atom. The van der Waals surface area contributed by atoms with E-state index in [9.17, 15) is 4.79 Å². The highest BCUT2D eigenvalue weighted by molar-refractivity contribution is 5.90. The van der Waals surface area contributed by atoms with Crippen LogP contribution in [-0.4, -0.2) is 31.7 Å². The lowest BCUT2D eigenvalue weighted by molar-refractivity contribution is -0.117. The maximum absolute atomic E-state index is 11.8. The lowest BCUT2D eigenvalue weighted by Gasteiger charge is -2.22. The Labute approximate surface area is 119 Å². The van der Waals surface area contributed by atoms with Crippen molar-refractivity contribution < 1.29 is 9.53 Å². The second kappa shape index (κ2) is 7.68. The molecule has 1 aliphatic heterocycles. The number of amides is 1. The molecule has 0 atom stereocenters. The summed E-state index contributed by atoms with van der Waals surface area (Å²) in [4.78, 5) is 11.8. The van der Waals surface area contributed by atoms with Crippen LogP contribution in [0.5, 0.6) is 0 Å². The van der Waals surface area contributed by atoms with Gasteiger partial charge < -0.3 is 15.4 Å². The molecule has 2 N–H and O–H groups in total. The summed E-state index contributed by atoms with van der Waals surface area (Å²) in [5.74, 6) is 2.50. The summed E-state index contributed by atoms with van der Waals surface area (Å²) in [6.45, 7) is 2.46. The molecule has 1 amide bonds. The van der Waals surface area contributed by atoms with E-state index >= 15 is 0 Å². The van der Waals surface area contributed by atoms with Gasteiger partial charge in [-0.3, -0.25) is 4.79 Å². The quantitative estimate of drug-likeness (QED) is 0.803. The zero-order valence-electron chi connectivity index (χ0n) is 11.5. The van der Waals surface area contributed by atoms with Gasteiger partial charge in [0.2, 0.25) is 5.91 Å². The molecule has 2 rings (SSSR count). The first kappa shape index (κ1) is 14.6. The Kier molecular flexibility index (Phi) is 5.60. The topological polar surface area (TPSA) is 50.4 Å². The van der Waals surface area contributed by atoms with Crippen molar-refractivity contribution >= 4 is 11.6 Å². The SMILES string of the molecule is C#Cc1cccc(NC(=O)CCOC2CCNCC2)c1. The van der Waals surface area contributed by atoms with Crippen LogP contribution in [-0.2, 0) is 9.53 Å². The number of hydrogen-bond acceptors (Lipinski definition) is 3. The van der Waals surface area contributed by atoms with Gasteiger partial charge in [0.1, 0.15) is 0 Å². The van der Waals surface area contributed by atoms with E-state index < -0.39 is 0 Å². The van der Waals surface area contributed by atoms with Crippen molar-refractivity contribution in [1.82, 2.24) is 5.32 Å². The first-order chi connectivity index (χ1) is 9.78. The largest absolute Gasteiger partial charge is 0.378 e. The molecule has 0 bridgehead atoms. The number of rotatable bonds is 5. The maximum atomic E-state index is 11.8. The normalized spacial score (nSPS) is 15.6. The second-order valence-electron chi connectivity index (χ2n) is 4.84. The van der Waals surface area contributed by atoms with Crippen molar-refractivity contribution in [2.75, 3.05) is 25.0 Å².